The minimum atomic E-state index is -0.574. The molecule has 1 aromatic heterocycles. The summed E-state index contributed by atoms with van der Waals surface area (Å²) in [6.45, 7) is 0.562. The predicted octanol–water partition coefficient (Wildman–Crippen LogP) is 2.07. The van der Waals surface area contributed by atoms with Crippen molar-refractivity contribution < 1.29 is 9.72 Å². The number of hydrogen-bond acceptors (Lipinski definition) is 6. The highest BCUT2D eigenvalue weighted by molar-refractivity contribution is 6.08. The van der Waals surface area contributed by atoms with Crippen LogP contribution < -0.4 is 11.1 Å². The molecule has 0 aliphatic rings. The lowest BCUT2D eigenvalue weighted by Gasteiger charge is -2.08. The summed E-state index contributed by atoms with van der Waals surface area (Å²) in [5.74, 6) is -0.509. The number of carbonyl (C=O) groups excluding carboxylic acids is 1. The van der Waals surface area contributed by atoms with Crippen LogP contribution >= 0.6 is 0 Å². The topological polar surface area (TPSA) is 129 Å². The van der Waals surface area contributed by atoms with Gasteiger partial charge < -0.3 is 11.1 Å². The zero-order chi connectivity index (χ0) is 17.8. The first kappa shape index (κ1) is 16.1. The Bertz CT molecular complexity index is 906. The molecule has 1 heterocycles. The lowest BCUT2D eigenvalue weighted by atomic mass is 10.1. The van der Waals surface area contributed by atoms with Gasteiger partial charge >= 0.3 is 0 Å². The number of aromatic nitrogens is 3. The Morgan fingerprint density at radius 3 is 2.64 bits per heavy atom. The molecule has 0 fully saturated rings. The number of anilines is 2. The van der Waals surface area contributed by atoms with Crippen molar-refractivity contribution in [2.75, 3.05) is 11.1 Å². The minimum Gasteiger partial charge on any atom is -0.398 e. The van der Waals surface area contributed by atoms with Crippen molar-refractivity contribution in [2.45, 2.75) is 6.54 Å². The summed E-state index contributed by atoms with van der Waals surface area (Å²) in [6.07, 6.45) is 3.07. The largest absolute Gasteiger partial charge is 0.398 e. The Balaban J connectivity index is 1.72. The average Bonchev–Trinajstić information content (AvgIpc) is 3.09. The summed E-state index contributed by atoms with van der Waals surface area (Å²) in [5, 5.41) is 17.5. The van der Waals surface area contributed by atoms with Crippen molar-refractivity contribution in [1.82, 2.24) is 14.8 Å². The van der Waals surface area contributed by atoms with Crippen LogP contribution in [-0.2, 0) is 6.54 Å². The molecule has 0 atom stereocenters. The van der Waals surface area contributed by atoms with Gasteiger partial charge in [-0.25, -0.2) is 9.67 Å². The fraction of sp³-hybridized carbons (Fsp3) is 0.0625. The molecule has 0 radical (unpaired) electrons. The lowest BCUT2D eigenvalue weighted by molar-refractivity contribution is -0.384. The van der Waals surface area contributed by atoms with E-state index in [2.05, 4.69) is 15.4 Å². The molecule has 0 saturated heterocycles. The van der Waals surface area contributed by atoms with Crippen LogP contribution in [0.4, 0.5) is 17.1 Å². The van der Waals surface area contributed by atoms with Gasteiger partial charge in [0.15, 0.2) is 0 Å². The molecule has 9 heteroatoms. The van der Waals surface area contributed by atoms with Gasteiger partial charge in [0.1, 0.15) is 12.7 Å². The van der Waals surface area contributed by atoms with E-state index in [0.717, 1.165) is 11.6 Å². The third-order valence-electron chi connectivity index (χ3n) is 3.52. The molecular formula is C16H14N6O3. The summed E-state index contributed by atoms with van der Waals surface area (Å²) in [5.41, 5.74) is 7.32. The normalized spacial score (nSPS) is 10.4. The second kappa shape index (κ2) is 6.79. The Labute approximate surface area is 142 Å². The van der Waals surface area contributed by atoms with E-state index in [0.29, 0.717) is 12.2 Å². The van der Waals surface area contributed by atoms with Gasteiger partial charge in [0.25, 0.3) is 11.6 Å². The summed E-state index contributed by atoms with van der Waals surface area (Å²) in [6, 6.07) is 10.9. The quantitative estimate of drug-likeness (QED) is 0.416. The zero-order valence-electron chi connectivity index (χ0n) is 13.0. The molecule has 3 N–H and O–H groups in total. The van der Waals surface area contributed by atoms with Crippen molar-refractivity contribution in [2.24, 2.45) is 0 Å². The van der Waals surface area contributed by atoms with E-state index < -0.39 is 10.8 Å². The van der Waals surface area contributed by atoms with E-state index in [4.69, 9.17) is 5.73 Å². The molecule has 25 heavy (non-hydrogen) atoms. The Morgan fingerprint density at radius 1 is 1.24 bits per heavy atom. The van der Waals surface area contributed by atoms with Crippen molar-refractivity contribution in [3.05, 3.63) is 76.4 Å². The average molecular weight is 338 g/mol. The maximum Gasteiger partial charge on any atom is 0.270 e. The van der Waals surface area contributed by atoms with Crippen LogP contribution in [-0.4, -0.2) is 25.6 Å². The SMILES string of the molecule is Nc1ccc([N+](=O)[O-])cc1C(=O)Nc1ccc(Cn2cncn2)cc1. The first-order chi connectivity index (χ1) is 12.0. The van der Waals surface area contributed by atoms with Crippen molar-refractivity contribution in [3.63, 3.8) is 0 Å². The maximum absolute atomic E-state index is 12.3. The van der Waals surface area contributed by atoms with Crippen LogP contribution in [0.25, 0.3) is 0 Å². The maximum atomic E-state index is 12.3. The van der Waals surface area contributed by atoms with Crippen LogP contribution in [0.3, 0.4) is 0 Å². The first-order valence-corrected chi connectivity index (χ1v) is 7.29. The van der Waals surface area contributed by atoms with Crippen LogP contribution in [0.5, 0.6) is 0 Å². The standard InChI is InChI=1S/C16H14N6O3/c17-15-6-5-13(22(24)25)7-14(15)16(23)20-12-3-1-11(2-4-12)8-21-10-18-9-19-21/h1-7,9-10H,8,17H2,(H,20,23). The van der Waals surface area contributed by atoms with Crippen LogP contribution in [0, 0.1) is 10.1 Å². The summed E-state index contributed by atoms with van der Waals surface area (Å²) in [7, 11) is 0. The van der Waals surface area contributed by atoms with Gasteiger partial charge in [-0.2, -0.15) is 5.10 Å². The van der Waals surface area contributed by atoms with Crippen molar-refractivity contribution in [3.8, 4) is 0 Å². The fourth-order valence-corrected chi connectivity index (χ4v) is 2.25. The molecule has 0 aliphatic heterocycles. The number of nitrogens with two attached hydrogens (primary N) is 1. The third-order valence-corrected chi connectivity index (χ3v) is 3.52. The highest BCUT2D eigenvalue weighted by Gasteiger charge is 2.15. The highest BCUT2D eigenvalue weighted by atomic mass is 16.6. The van der Waals surface area contributed by atoms with Gasteiger partial charge in [0.05, 0.1) is 17.0 Å². The molecule has 3 aromatic rings. The number of nitrogens with one attached hydrogen (secondary N) is 1. The van der Waals surface area contributed by atoms with E-state index in [1.807, 2.05) is 12.1 Å². The molecule has 9 nitrogen and oxygen atoms in total. The predicted molar refractivity (Wildman–Crippen MR) is 91.0 cm³/mol. The number of nitro benzene ring substituents is 1. The van der Waals surface area contributed by atoms with E-state index in [1.54, 1.807) is 23.1 Å². The molecule has 0 bridgehead atoms. The molecule has 3 rings (SSSR count). The molecule has 0 aliphatic carbocycles. The molecule has 1 amide bonds. The van der Waals surface area contributed by atoms with Crippen LogP contribution in [0.15, 0.2) is 55.1 Å². The molecular weight excluding hydrogens is 324 g/mol. The zero-order valence-corrected chi connectivity index (χ0v) is 13.0. The summed E-state index contributed by atoms with van der Waals surface area (Å²) in [4.78, 5) is 26.4. The van der Waals surface area contributed by atoms with E-state index in [1.165, 1.54) is 18.5 Å². The van der Waals surface area contributed by atoms with Crippen molar-refractivity contribution in [1.29, 1.82) is 0 Å². The number of carbonyl (C=O) groups is 1. The second-order valence-corrected chi connectivity index (χ2v) is 5.27. The number of amides is 1. The molecule has 0 spiro atoms. The van der Waals surface area contributed by atoms with Crippen LogP contribution in [0.2, 0.25) is 0 Å². The number of nitrogen functional groups attached to an aromatic ring is 1. The summed E-state index contributed by atoms with van der Waals surface area (Å²) < 4.78 is 1.68. The molecule has 0 saturated carbocycles. The van der Waals surface area contributed by atoms with Crippen LogP contribution in [0.1, 0.15) is 15.9 Å². The number of benzene rings is 2. The number of rotatable bonds is 5. The van der Waals surface area contributed by atoms with Gasteiger partial charge in [0.2, 0.25) is 0 Å². The number of hydrogen-bond donors (Lipinski definition) is 2. The van der Waals surface area contributed by atoms with E-state index >= 15 is 0 Å². The Hall–Kier alpha value is -3.75. The van der Waals surface area contributed by atoms with Gasteiger partial charge in [-0.15, -0.1) is 0 Å². The van der Waals surface area contributed by atoms with Gasteiger partial charge in [0, 0.05) is 23.5 Å². The number of nitro groups is 1. The molecule has 2 aromatic carbocycles. The molecule has 126 valence electrons. The first-order valence-electron chi connectivity index (χ1n) is 7.29. The minimum absolute atomic E-state index is 0.0564. The smallest absolute Gasteiger partial charge is 0.270 e. The molecule has 0 unspecified atom stereocenters. The van der Waals surface area contributed by atoms with Gasteiger partial charge in [-0.1, -0.05) is 12.1 Å². The Kier molecular flexibility index (Phi) is 4.38. The summed E-state index contributed by atoms with van der Waals surface area (Å²) >= 11 is 0. The second-order valence-electron chi connectivity index (χ2n) is 5.27. The number of non-ortho nitro benzene ring substituents is 1. The monoisotopic (exact) mass is 338 g/mol. The lowest BCUT2D eigenvalue weighted by Crippen LogP contribution is -2.14. The third kappa shape index (κ3) is 3.78. The van der Waals surface area contributed by atoms with E-state index in [9.17, 15) is 14.9 Å². The fourth-order valence-electron chi connectivity index (χ4n) is 2.25. The van der Waals surface area contributed by atoms with E-state index in [-0.39, 0.29) is 16.9 Å². The number of nitrogens with zero attached hydrogens (tertiary/aromatic N) is 4. The highest BCUT2D eigenvalue weighted by Crippen LogP contribution is 2.21. The van der Waals surface area contributed by atoms with Gasteiger partial charge in [-0.3, -0.25) is 14.9 Å². The Morgan fingerprint density at radius 2 is 2.00 bits per heavy atom. The van der Waals surface area contributed by atoms with Crippen molar-refractivity contribution >= 4 is 23.0 Å². The van der Waals surface area contributed by atoms with Gasteiger partial charge in [-0.05, 0) is 23.8 Å².